The highest BCUT2D eigenvalue weighted by molar-refractivity contribution is 6.30. The molecule has 0 radical (unpaired) electrons. The lowest BCUT2D eigenvalue weighted by Crippen LogP contribution is -2.20. The maximum atomic E-state index is 13.2. The predicted octanol–water partition coefficient (Wildman–Crippen LogP) is 5.30. The van der Waals surface area contributed by atoms with E-state index in [4.69, 9.17) is 16.3 Å². The van der Waals surface area contributed by atoms with Crippen LogP contribution in [0.15, 0.2) is 60.8 Å². The van der Waals surface area contributed by atoms with E-state index in [1.54, 1.807) is 36.4 Å². The van der Waals surface area contributed by atoms with Crippen LogP contribution in [0.4, 0.5) is 11.5 Å². The quantitative estimate of drug-likeness (QED) is 0.479. The first-order chi connectivity index (χ1) is 15.4. The van der Waals surface area contributed by atoms with Crippen molar-refractivity contribution in [3.05, 3.63) is 88.1 Å². The Bertz CT molecular complexity index is 1140. The van der Waals surface area contributed by atoms with Crippen LogP contribution in [0.25, 0.3) is 0 Å². The van der Waals surface area contributed by atoms with E-state index in [0.29, 0.717) is 46.6 Å². The van der Waals surface area contributed by atoms with Crippen LogP contribution in [-0.2, 0) is 11.2 Å². The summed E-state index contributed by atoms with van der Waals surface area (Å²) in [6.45, 7) is 4.96. The molecule has 0 spiro atoms. The molecule has 2 N–H and O–H groups in total. The van der Waals surface area contributed by atoms with Gasteiger partial charge >= 0.3 is 0 Å². The number of benzene rings is 2. The number of hydrogen-bond acceptors (Lipinski definition) is 4. The van der Waals surface area contributed by atoms with Crippen LogP contribution in [0.5, 0.6) is 0 Å². The second kappa shape index (κ2) is 9.51. The van der Waals surface area contributed by atoms with Crippen LogP contribution in [0, 0.1) is 0 Å². The number of amides is 2. The minimum absolute atomic E-state index is 0.161. The number of pyridine rings is 1. The number of para-hydroxylation sites is 1. The molecule has 6 nitrogen and oxygen atoms in total. The number of ether oxygens (including phenoxy) is 1. The second-order valence-electron chi connectivity index (χ2n) is 8.05. The summed E-state index contributed by atoms with van der Waals surface area (Å²) in [5, 5.41) is 6.11. The number of epoxide rings is 1. The van der Waals surface area contributed by atoms with Crippen LogP contribution < -0.4 is 10.6 Å². The monoisotopic (exact) mass is 449 g/mol. The summed E-state index contributed by atoms with van der Waals surface area (Å²) in [5.74, 6) is 0.0895. The number of aromatic nitrogens is 1. The van der Waals surface area contributed by atoms with E-state index < -0.39 is 0 Å². The minimum Gasteiger partial charge on any atom is -0.373 e. The molecule has 3 aromatic rings. The number of carbonyl (C=O) groups is 2. The van der Waals surface area contributed by atoms with E-state index in [1.807, 2.05) is 12.1 Å². The molecule has 32 heavy (non-hydrogen) atoms. The topological polar surface area (TPSA) is 83.6 Å². The van der Waals surface area contributed by atoms with Crippen molar-refractivity contribution in [3.8, 4) is 0 Å². The average molecular weight is 450 g/mol. The molecule has 1 aromatic heterocycles. The minimum atomic E-state index is -0.377. The van der Waals surface area contributed by atoms with E-state index >= 15 is 0 Å². The molecule has 2 aromatic carbocycles. The number of hydrogen-bond donors (Lipinski definition) is 2. The normalized spacial score (nSPS) is 14.8. The van der Waals surface area contributed by atoms with Crippen molar-refractivity contribution in [2.45, 2.75) is 32.3 Å². The van der Waals surface area contributed by atoms with Gasteiger partial charge in [0.15, 0.2) is 0 Å². The summed E-state index contributed by atoms with van der Waals surface area (Å²) in [4.78, 5) is 30.1. The molecule has 2 amide bonds. The van der Waals surface area contributed by atoms with Gasteiger partial charge in [-0.1, -0.05) is 49.7 Å². The van der Waals surface area contributed by atoms with Crippen molar-refractivity contribution in [1.82, 2.24) is 4.98 Å². The van der Waals surface area contributed by atoms with Gasteiger partial charge in [0.05, 0.1) is 29.0 Å². The number of nitrogens with zero attached hydrogens (tertiary/aromatic N) is 1. The second-order valence-corrected chi connectivity index (χ2v) is 8.48. The molecule has 2 heterocycles. The third-order valence-corrected chi connectivity index (χ3v) is 5.50. The Kier molecular flexibility index (Phi) is 6.53. The van der Waals surface area contributed by atoms with Crippen LogP contribution in [0.2, 0.25) is 5.02 Å². The van der Waals surface area contributed by atoms with Crippen LogP contribution in [0.1, 0.15) is 51.6 Å². The van der Waals surface area contributed by atoms with Crippen LogP contribution in [-0.4, -0.2) is 29.5 Å². The van der Waals surface area contributed by atoms with Crippen molar-refractivity contribution in [2.75, 3.05) is 17.2 Å². The summed E-state index contributed by atoms with van der Waals surface area (Å²) in [6.07, 6.45) is 2.30. The number of carbonyl (C=O) groups excluding carboxylic acids is 2. The third kappa shape index (κ3) is 5.33. The molecule has 1 aliphatic heterocycles. The Morgan fingerprint density at radius 1 is 1.06 bits per heavy atom. The molecule has 1 aliphatic rings. The first-order valence-electron chi connectivity index (χ1n) is 10.5. The SMILES string of the molecule is CC(C)c1ccc(C(=O)Nc2ccccc2C(=O)Nc2ccc(Cl)cn2)c(CC2CO2)c1. The van der Waals surface area contributed by atoms with Gasteiger partial charge in [0.25, 0.3) is 11.8 Å². The van der Waals surface area contributed by atoms with E-state index in [0.717, 1.165) is 5.56 Å². The Morgan fingerprint density at radius 3 is 2.50 bits per heavy atom. The molecule has 164 valence electrons. The van der Waals surface area contributed by atoms with Crippen LogP contribution in [0.3, 0.4) is 0 Å². The van der Waals surface area contributed by atoms with Crippen LogP contribution >= 0.6 is 11.6 Å². The summed E-state index contributed by atoms with van der Waals surface area (Å²) in [7, 11) is 0. The van der Waals surface area contributed by atoms with Gasteiger partial charge in [-0.15, -0.1) is 0 Å². The molecule has 7 heteroatoms. The third-order valence-electron chi connectivity index (χ3n) is 5.28. The molecular weight excluding hydrogens is 426 g/mol. The zero-order valence-electron chi connectivity index (χ0n) is 17.9. The molecular formula is C25H24ClN3O3. The van der Waals surface area contributed by atoms with Gasteiger partial charge in [-0.05, 0) is 47.4 Å². The fourth-order valence-corrected chi connectivity index (χ4v) is 3.52. The Balaban J connectivity index is 1.56. The van der Waals surface area contributed by atoms with E-state index in [2.05, 4.69) is 35.5 Å². The Morgan fingerprint density at radius 2 is 1.81 bits per heavy atom. The summed E-state index contributed by atoms with van der Waals surface area (Å²) in [5.41, 5.74) is 3.46. The van der Waals surface area contributed by atoms with E-state index in [9.17, 15) is 9.59 Å². The number of rotatable bonds is 7. The van der Waals surface area contributed by atoms with Gasteiger partial charge in [0.2, 0.25) is 0 Å². The fraction of sp³-hybridized carbons (Fsp3) is 0.240. The predicted molar refractivity (Wildman–Crippen MR) is 126 cm³/mol. The standard InChI is InChI=1S/C25H24ClN3O3/c1-15(2)16-7-9-20(17(11-16)12-19-14-32-19)24(30)28-22-6-4-3-5-21(22)25(31)29-23-10-8-18(26)13-27-23/h3-11,13,15,19H,12,14H2,1-2H3,(H,28,30)(H,27,29,31). The van der Waals surface area contributed by atoms with Gasteiger partial charge in [-0.25, -0.2) is 4.98 Å². The zero-order chi connectivity index (χ0) is 22.7. The van der Waals surface area contributed by atoms with Gasteiger partial charge in [-0.3, -0.25) is 9.59 Å². The first-order valence-corrected chi connectivity index (χ1v) is 10.9. The van der Waals surface area contributed by atoms with E-state index in [1.165, 1.54) is 11.8 Å². The van der Waals surface area contributed by atoms with Crippen molar-refractivity contribution < 1.29 is 14.3 Å². The summed E-state index contributed by atoms with van der Waals surface area (Å²) in [6, 6.07) is 16.0. The Hall–Kier alpha value is -3.22. The molecule has 1 atom stereocenters. The lowest BCUT2D eigenvalue weighted by atomic mass is 9.94. The van der Waals surface area contributed by atoms with Gasteiger partial charge in [0, 0.05) is 18.2 Å². The smallest absolute Gasteiger partial charge is 0.258 e. The molecule has 0 bridgehead atoms. The van der Waals surface area contributed by atoms with Crippen molar-refractivity contribution in [3.63, 3.8) is 0 Å². The number of anilines is 2. The van der Waals surface area contributed by atoms with Gasteiger partial charge in [-0.2, -0.15) is 0 Å². The molecule has 0 saturated carbocycles. The summed E-state index contributed by atoms with van der Waals surface area (Å²) >= 11 is 5.85. The lowest BCUT2D eigenvalue weighted by molar-refractivity contribution is 0.102. The van der Waals surface area contributed by atoms with Gasteiger partial charge < -0.3 is 15.4 Å². The molecule has 0 aliphatic carbocycles. The average Bonchev–Trinajstić information content (AvgIpc) is 3.59. The maximum Gasteiger partial charge on any atom is 0.258 e. The molecule has 1 saturated heterocycles. The highest BCUT2D eigenvalue weighted by Gasteiger charge is 2.26. The number of halogens is 1. The first kappa shape index (κ1) is 22.0. The highest BCUT2D eigenvalue weighted by Crippen LogP contribution is 2.25. The van der Waals surface area contributed by atoms with Crippen molar-refractivity contribution in [1.29, 1.82) is 0 Å². The highest BCUT2D eigenvalue weighted by atomic mass is 35.5. The largest absolute Gasteiger partial charge is 0.373 e. The Labute approximate surface area is 192 Å². The molecule has 4 rings (SSSR count). The van der Waals surface area contributed by atoms with Gasteiger partial charge in [0.1, 0.15) is 5.82 Å². The summed E-state index contributed by atoms with van der Waals surface area (Å²) < 4.78 is 5.38. The maximum absolute atomic E-state index is 13.2. The number of nitrogens with one attached hydrogen (secondary N) is 2. The molecule has 1 fully saturated rings. The molecule has 1 unspecified atom stereocenters. The van der Waals surface area contributed by atoms with Crippen molar-refractivity contribution in [2.24, 2.45) is 0 Å². The van der Waals surface area contributed by atoms with E-state index in [-0.39, 0.29) is 17.9 Å². The van der Waals surface area contributed by atoms with Crippen molar-refractivity contribution >= 4 is 34.9 Å². The zero-order valence-corrected chi connectivity index (χ0v) is 18.6. The lowest BCUT2D eigenvalue weighted by Gasteiger charge is -2.15. The fourth-order valence-electron chi connectivity index (χ4n) is 3.41.